The minimum Gasteiger partial charge on any atom is -0.395 e. The van der Waals surface area contributed by atoms with Crippen LogP contribution in [0.25, 0.3) is 0 Å². The maximum atomic E-state index is 12.9. The zero-order valence-corrected chi connectivity index (χ0v) is 13.3. The molecule has 1 atom stereocenters. The van der Waals surface area contributed by atoms with Crippen LogP contribution in [0.3, 0.4) is 0 Å². The second-order valence-corrected chi connectivity index (χ2v) is 5.94. The Balaban J connectivity index is 2.60. The Kier molecular flexibility index (Phi) is 8.15. The minimum absolute atomic E-state index is 0.0573. The second-order valence-electron chi connectivity index (χ2n) is 5.94. The third-order valence-corrected chi connectivity index (χ3v) is 4.27. The van der Waals surface area contributed by atoms with Gasteiger partial charge in [0.25, 0.3) is 0 Å². The van der Waals surface area contributed by atoms with Crippen molar-refractivity contribution < 1.29 is 9.90 Å². The van der Waals surface area contributed by atoms with Crippen LogP contribution in [0.15, 0.2) is 0 Å². The van der Waals surface area contributed by atoms with Crippen molar-refractivity contribution in [3.8, 4) is 0 Å². The molecule has 0 radical (unpaired) electrons. The van der Waals surface area contributed by atoms with Gasteiger partial charge in [-0.25, -0.2) is 0 Å². The van der Waals surface area contributed by atoms with Crippen molar-refractivity contribution in [1.29, 1.82) is 0 Å². The quantitative estimate of drug-likeness (QED) is 0.605. The molecule has 0 aromatic heterocycles. The summed E-state index contributed by atoms with van der Waals surface area (Å²) in [5.41, 5.74) is -0.353. The number of carbonyl (C=O) groups is 1. The van der Waals surface area contributed by atoms with Crippen molar-refractivity contribution in [1.82, 2.24) is 10.2 Å². The lowest BCUT2D eigenvalue weighted by Gasteiger charge is -2.34. The van der Waals surface area contributed by atoms with Crippen molar-refractivity contribution >= 4 is 5.91 Å². The molecule has 0 aliphatic carbocycles. The SMILES string of the molecule is CCCCCCN(CCO)C(=O)C1(CCC)CCCN1. The summed E-state index contributed by atoms with van der Waals surface area (Å²) in [6.45, 7) is 6.57. The van der Waals surface area contributed by atoms with Gasteiger partial charge in [-0.05, 0) is 32.2 Å². The molecule has 1 aliphatic rings. The monoisotopic (exact) mass is 284 g/mol. The number of hydrogen-bond acceptors (Lipinski definition) is 3. The fraction of sp³-hybridized carbons (Fsp3) is 0.938. The first kappa shape index (κ1) is 17.4. The predicted molar refractivity (Wildman–Crippen MR) is 82.7 cm³/mol. The van der Waals surface area contributed by atoms with Gasteiger partial charge < -0.3 is 15.3 Å². The van der Waals surface area contributed by atoms with E-state index in [0.717, 1.165) is 45.2 Å². The maximum absolute atomic E-state index is 12.9. The summed E-state index contributed by atoms with van der Waals surface area (Å²) < 4.78 is 0. The van der Waals surface area contributed by atoms with Gasteiger partial charge in [-0.3, -0.25) is 4.79 Å². The van der Waals surface area contributed by atoms with Gasteiger partial charge in [-0.15, -0.1) is 0 Å². The molecule has 1 rings (SSSR count). The number of hydrogen-bond donors (Lipinski definition) is 2. The highest BCUT2D eigenvalue weighted by atomic mass is 16.3. The van der Waals surface area contributed by atoms with E-state index in [1.807, 2.05) is 4.90 Å². The van der Waals surface area contributed by atoms with Crippen molar-refractivity contribution in [3.63, 3.8) is 0 Å². The summed E-state index contributed by atoms with van der Waals surface area (Å²) in [4.78, 5) is 14.7. The number of nitrogens with one attached hydrogen (secondary N) is 1. The van der Waals surface area contributed by atoms with Crippen molar-refractivity contribution in [3.05, 3.63) is 0 Å². The predicted octanol–water partition coefficient (Wildman–Crippen LogP) is 2.31. The maximum Gasteiger partial charge on any atom is 0.242 e. The zero-order valence-electron chi connectivity index (χ0n) is 13.3. The molecule has 118 valence electrons. The van der Waals surface area contributed by atoms with Crippen LogP contribution in [-0.4, -0.2) is 47.7 Å². The Hall–Kier alpha value is -0.610. The van der Waals surface area contributed by atoms with Gasteiger partial charge in [0, 0.05) is 13.1 Å². The molecule has 1 amide bonds. The number of unbranched alkanes of at least 4 members (excludes halogenated alkanes) is 3. The van der Waals surface area contributed by atoms with E-state index in [4.69, 9.17) is 0 Å². The lowest BCUT2D eigenvalue weighted by molar-refractivity contribution is -0.138. The van der Waals surface area contributed by atoms with Crippen LogP contribution in [-0.2, 0) is 4.79 Å². The van der Waals surface area contributed by atoms with Crippen LogP contribution in [0.2, 0.25) is 0 Å². The molecule has 0 bridgehead atoms. The van der Waals surface area contributed by atoms with Crippen molar-refractivity contribution in [2.45, 2.75) is 70.8 Å². The van der Waals surface area contributed by atoms with E-state index in [-0.39, 0.29) is 18.1 Å². The Morgan fingerprint density at radius 2 is 2.00 bits per heavy atom. The van der Waals surface area contributed by atoms with Gasteiger partial charge in [0.1, 0.15) is 0 Å². The summed E-state index contributed by atoms with van der Waals surface area (Å²) in [6.07, 6.45) is 8.58. The first-order valence-corrected chi connectivity index (χ1v) is 8.35. The van der Waals surface area contributed by atoms with Crippen LogP contribution in [0.1, 0.15) is 65.2 Å². The average molecular weight is 284 g/mol. The molecule has 1 fully saturated rings. The summed E-state index contributed by atoms with van der Waals surface area (Å²) >= 11 is 0. The Morgan fingerprint density at radius 3 is 2.55 bits per heavy atom. The topological polar surface area (TPSA) is 52.6 Å². The number of rotatable bonds is 10. The molecule has 1 saturated heterocycles. The van der Waals surface area contributed by atoms with Gasteiger partial charge in [0.05, 0.1) is 12.1 Å². The molecule has 0 saturated carbocycles. The highest BCUT2D eigenvalue weighted by Gasteiger charge is 2.42. The molecule has 20 heavy (non-hydrogen) atoms. The molecule has 1 unspecified atom stereocenters. The van der Waals surface area contributed by atoms with Crippen LogP contribution in [0.4, 0.5) is 0 Å². The molecule has 4 nitrogen and oxygen atoms in total. The van der Waals surface area contributed by atoms with Gasteiger partial charge in [-0.2, -0.15) is 0 Å². The third-order valence-electron chi connectivity index (χ3n) is 4.27. The molecular formula is C16H32N2O2. The van der Waals surface area contributed by atoms with E-state index in [1.165, 1.54) is 19.3 Å². The van der Waals surface area contributed by atoms with Crippen LogP contribution < -0.4 is 5.32 Å². The van der Waals surface area contributed by atoms with Crippen LogP contribution in [0.5, 0.6) is 0 Å². The Bertz CT molecular complexity index is 276. The summed E-state index contributed by atoms with van der Waals surface area (Å²) in [7, 11) is 0. The zero-order chi connectivity index (χ0) is 14.8. The molecule has 2 N–H and O–H groups in total. The normalized spacial score (nSPS) is 22.1. The molecule has 0 spiro atoms. The summed E-state index contributed by atoms with van der Waals surface area (Å²) in [5, 5.41) is 12.7. The number of nitrogens with zero attached hydrogens (tertiary/aromatic N) is 1. The van der Waals surface area contributed by atoms with E-state index >= 15 is 0 Å². The average Bonchev–Trinajstić information content (AvgIpc) is 2.92. The van der Waals surface area contributed by atoms with E-state index in [1.54, 1.807) is 0 Å². The molecule has 1 heterocycles. The first-order valence-electron chi connectivity index (χ1n) is 8.35. The second kappa shape index (κ2) is 9.35. The van der Waals surface area contributed by atoms with Gasteiger partial charge in [0.2, 0.25) is 5.91 Å². The first-order chi connectivity index (χ1) is 9.70. The number of amides is 1. The minimum atomic E-state index is -0.353. The molecule has 4 heteroatoms. The Labute approximate surface area is 123 Å². The van der Waals surface area contributed by atoms with Gasteiger partial charge >= 0.3 is 0 Å². The number of carbonyl (C=O) groups excluding carboxylic acids is 1. The fourth-order valence-corrected chi connectivity index (χ4v) is 3.20. The highest BCUT2D eigenvalue weighted by Crippen LogP contribution is 2.27. The fourth-order valence-electron chi connectivity index (χ4n) is 3.20. The van der Waals surface area contributed by atoms with E-state index < -0.39 is 0 Å². The van der Waals surface area contributed by atoms with Gasteiger partial charge in [0.15, 0.2) is 0 Å². The van der Waals surface area contributed by atoms with E-state index in [2.05, 4.69) is 19.2 Å². The van der Waals surface area contributed by atoms with Crippen molar-refractivity contribution in [2.24, 2.45) is 0 Å². The van der Waals surface area contributed by atoms with Crippen LogP contribution >= 0.6 is 0 Å². The van der Waals surface area contributed by atoms with E-state index in [9.17, 15) is 9.90 Å². The lowest BCUT2D eigenvalue weighted by Crippen LogP contribution is -2.55. The molecule has 1 aliphatic heterocycles. The smallest absolute Gasteiger partial charge is 0.242 e. The van der Waals surface area contributed by atoms with E-state index in [0.29, 0.717) is 6.54 Å². The van der Waals surface area contributed by atoms with Gasteiger partial charge in [-0.1, -0.05) is 39.5 Å². The van der Waals surface area contributed by atoms with Crippen LogP contribution in [0, 0.1) is 0 Å². The number of aliphatic hydroxyl groups excluding tert-OH is 1. The molecule has 0 aromatic rings. The summed E-state index contributed by atoms with van der Waals surface area (Å²) in [5.74, 6) is 0.211. The number of aliphatic hydroxyl groups is 1. The largest absolute Gasteiger partial charge is 0.395 e. The standard InChI is InChI=1S/C16H32N2O2/c1-3-5-6-7-12-18(13-14-19)15(20)16(9-4-2)10-8-11-17-16/h17,19H,3-14H2,1-2H3. The molecular weight excluding hydrogens is 252 g/mol. The Morgan fingerprint density at radius 1 is 1.20 bits per heavy atom. The molecule has 0 aromatic carbocycles. The third kappa shape index (κ3) is 4.74. The summed E-state index contributed by atoms with van der Waals surface area (Å²) in [6, 6.07) is 0. The van der Waals surface area contributed by atoms with Crippen molar-refractivity contribution in [2.75, 3.05) is 26.2 Å². The lowest BCUT2D eigenvalue weighted by atomic mass is 9.90. The highest BCUT2D eigenvalue weighted by molar-refractivity contribution is 5.86.